The van der Waals surface area contributed by atoms with Crippen LogP contribution in [0.3, 0.4) is 0 Å². The fourth-order valence-electron chi connectivity index (χ4n) is 2.24. The molecule has 0 aromatic heterocycles. The van der Waals surface area contributed by atoms with E-state index >= 15 is 0 Å². The molecule has 2 atom stereocenters. The predicted octanol–water partition coefficient (Wildman–Crippen LogP) is 3.45. The smallest absolute Gasteiger partial charge is 0.140 e. The van der Waals surface area contributed by atoms with E-state index in [-0.39, 0.29) is 18.8 Å². The first-order valence-electron chi connectivity index (χ1n) is 6.99. The van der Waals surface area contributed by atoms with Crippen molar-refractivity contribution in [3.05, 3.63) is 64.1 Å². The van der Waals surface area contributed by atoms with Crippen molar-refractivity contribution in [3.63, 3.8) is 0 Å². The van der Waals surface area contributed by atoms with E-state index in [2.05, 4.69) is 15.9 Å². The highest BCUT2D eigenvalue weighted by molar-refractivity contribution is 9.10. The zero-order chi connectivity index (χ0) is 15.2. The van der Waals surface area contributed by atoms with E-state index in [9.17, 15) is 0 Å². The fourth-order valence-corrected chi connectivity index (χ4v) is 2.75. The van der Waals surface area contributed by atoms with Gasteiger partial charge in [-0.15, -0.1) is 0 Å². The zero-order valence-electron chi connectivity index (χ0n) is 12.0. The van der Waals surface area contributed by atoms with Crippen molar-refractivity contribution in [2.45, 2.75) is 25.5 Å². The summed E-state index contributed by atoms with van der Waals surface area (Å²) in [5, 5.41) is 9.16. The van der Waals surface area contributed by atoms with Gasteiger partial charge >= 0.3 is 0 Å². The van der Waals surface area contributed by atoms with E-state index < -0.39 is 0 Å². The van der Waals surface area contributed by atoms with E-state index in [0.717, 1.165) is 21.3 Å². The normalized spacial score (nSPS) is 13.7. The Morgan fingerprint density at radius 2 is 1.81 bits per heavy atom. The highest BCUT2D eigenvalue weighted by atomic mass is 79.9. The van der Waals surface area contributed by atoms with E-state index in [1.54, 1.807) is 0 Å². The van der Waals surface area contributed by atoms with Crippen LogP contribution in [0.1, 0.15) is 24.2 Å². The van der Waals surface area contributed by atoms with Gasteiger partial charge in [0.1, 0.15) is 11.9 Å². The van der Waals surface area contributed by atoms with Crippen molar-refractivity contribution in [2.75, 3.05) is 6.61 Å². The Morgan fingerprint density at radius 1 is 1.14 bits per heavy atom. The molecule has 0 bridgehead atoms. The van der Waals surface area contributed by atoms with Crippen LogP contribution >= 0.6 is 15.9 Å². The molecule has 2 unspecified atom stereocenters. The molecule has 0 amide bonds. The maximum Gasteiger partial charge on any atom is 0.140 e. The summed E-state index contributed by atoms with van der Waals surface area (Å²) in [6, 6.07) is 15.5. The highest BCUT2D eigenvalue weighted by Crippen LogP contribution is 2.31. The Hall–Kier alpha value is -1.36. The molecule has 21 heavy (non-hydrogen) atoms. The molecule has 2 aromatic rings. The second-order valence-corrected chi connectivity index (χ2v) is 5.85. The number of ether oxygens (including phenoxy) is 1. The van der Waals surface area contributed by atoms with Gasteiger partial charge in [-0.2, -0.15) is 0 Å². The lowest BCUT2D eigenvalue weighted by atomic mass is 10.0. The molecule has 3 nitrogen and oxygen atoms in total. The summed E-state index contributed by atoms with van der Waals surface area (Å²) >= 11 is 3.55. The average molecular weight is 350 g/mol. The monoisotopic (exact) mass is 349 g/mol. The standard InChI is InChI=1S/C17H20BrNO2/c1-12(19)17(14-7-3-4-8-15(14)18)21-16-9-5-2-6-13(16)10-11-20/h2-9,12,17,20H,10-11,19H2,1H3. The van der Waals surface area contributed by atoms with E-state index in [4.69, 9.17) is 15.6 Å². The van der Waals surface area contributed by atoms with Gasteiger partial charge in [0.05, 0.1) is 0 Å². The van der Waals surface area contributed by atoms with Gasteiger partial charge in [0.2, 0.25) is 0 Å². The van der Waals surface area contributed by atoms with Crippen LogP contribution in [0, 0.1) is 0 Å². The molecular formula is C17H20BrNO2. The second kappa shape index (κ2) is 7.59. The van der Waals surface area contributed by atoms with Crippen molar-refractivity contribution in [2.24, 2.45) is 5.73 Å². The minimum Gasteiger partial charge on any atom is -0.484 e. The third-order valence-electron chi connectivity index (χ3n) is 3.30. The third kappa shape index (κ3) is 4.06. The number of hydrogen-bond donors (Lipinski definition) is 2. The van der Waals surface area contributed by atoms with Gasteiger partial charge in [-0.3, -0.25) is 0 Å². The van der Waals surface area contributed by atoms with Crippen molar-refractivity contribution in [1.29, 1.82) is 0 Å². The second-order valence-electron chi connectivity index (χ2n) is 5.00. The molecule has 0 aliphatic rings. The third-order valence-corrected chi connectivity index (χ3v) is 4.02. The van der Waals surface area contributed by atoms with Crippen LogP contribution in [0.5, 0.6) is 5.75 Å². The summed E-state index contributed by atoms with van der Waals surface area (Å²) in [5.74, 6) is 0.768. The van der Waals surface area contributed by atoms with Gasteiger partial charge in [-0.1, -0.05) is 52.3 Å². The van der Waals surface area contributed by atoms with Gasteiger partial charge in [0.25, 0.3) is 0 Å². The first kappa shape index (κ1) is 16.0. The minimum absolute atomic E-state index is 0.0955. The molecule has 0 radical (unpaired) electrons. The summed E-state index contributed by atoms with van der Waals surface area (Å²) < 4.78 is 7.14. The van der Waals surface area contributed by atoms with Crippen LogP contribution in [0.4, 0.5) is 0 Å². The number of aliphatic hydroxyl groups is 1. The number of para-hydroxylation sites is 1. The predicted molar refractivity (Wildman–Crippen MR) is 88.4 cm³/mol. The SMILES string of the molecule is CC(N)C(Oc1ccccc1CCO)c1ccccc1Br. The lowest BCUT2D eigenvalue weighted by Crippen LogP contribution is -2.29. The van der Waals surface area contributed by atoms with Crippen LogP contribution in [0.15, 0.2) is 53.0 Å². The molecule has 0 saturated heterocycles. The molecule has 2 rings (SSSR count). The van der Waals surface area contributed by atoms with Gasteiger partial charge in [-0.25, -0.2) is 0 Å². The molecule has 0 aliphatic carbocycles. The number of hydrogen-bond acceptors (Lipinski definition) is 3. The number of nitrogens with two attached hydrogens (primary N) is 1. The Labute approximate surface area is 133 Å². The summed E-state index contributed by atoms with van der Waals surface area (Å²) in [5.41, 5.74) is 8.12. The van der Waals surface area contributed by atoms with Gasteiger partial charge in [0.15, 0.2) is 0 Å². The molecule has 0 heterocycles. The maximum atomic E-state index is 9.16. The van der Waals surface area contributed by atoms with Crippen molar-refractivity contribution in [1.82, 2.24) is 0 Å². The first-order chi connectivity index (χ1) is 10.1. The van der Waals surface area contributed by atoms with E-state index in [0.29, 0.717) is 6.42 Å². The Morgan fingerprint density at radius 3 is 2.48 bits per heavy atom. The summed E-state index contributed by atoms with van der Waals surface area (Å²) in [7, 11) is 0. The Balaban J connectivity index is 2.32. The summed E-state index contributed by atoms with van der Waals surface area (Å²) in [6.07, 6.45) is 0.318. The van der Waals surface area contributed by atoms with Crippen LogP contribution in [0.25, 0.3) is 0 Å². The number of benzene rings is 2. The van der Waals surface area contributed by atoms with E-state index in [1.165, 1.54) is 0 Å². The average Bonchev–Trinajstić information content (AvgIpc) is 2.47. The molecule has 112 valence electrons. The van der Waals surface area contributed by atoms with Crippen molar-refractivity contribution >= 4 is 15.9 Å². The van der Waals surface area contributed by atoms with Gasteiger partial charge in [0, 0.05) is 22.7 Å². The quantitative estimate of drug-likeness (QED) is 0.839. The van der Waals surface area contributed by atoms with Crippen LogP contribution in [-0.4, -0.2) is 17.8 Å². The fraction of sp³-hybridized carbons (Fsp3) is 0.294. The van der Waals surface area contributed by atoms with Gasteiger partial charge in [-0.05, 0) is 31.0 Å². The Kier molecular flexibility index (Phi) is 5.79. The number of halogens is 1. The first-order valence-corrected chi connectivity index (χ1v) is 7.78. The van der Waals surface area contributed by atoms with Crippen LogP contribution < -0.4 is 10.5 Å². The van der Waals surface area contributed by atoms with Crippen molar-refractivity contribution in [3.8, 4) is 5.75 Å². The van der Waals surface area contributed by atoms with E-state index in [1.807, 2.05) is 55.5 Å². The molecule has 0 fully saturated rings. The summed E-state index contributed by atoms with van der Waals surface area (Å²) in [4.78, 5) is 0. The van der Waals surface area contributed by atoms with Crippen LogP contribution in [0.2, 0.25) is 0 Å². The molecule has 2 aromatic carbocycles. The lowest BCUT2D eigenvalue weighted by Gasteiger charge is -2.25. The molecule has 3 N–H and O–H groups in total. The maximum absolute atomic E-state index is 9.16. The molecular weight excluding hydrogens is 330 g/mol. The number of aliphatic hydroxyl groups excluding tert-OH is 1. The minimum atomic E-state index is -0.250. The van der Waals surface area contributed by atoms with Crippen molar-refractivity contribution < 1.29 is 9.84 Å². The highest BCUT2D eigenvalue weighted by Gasteiger charge is 2.21. The topological polar surface area (TPSA) is 55.5 Å². The molecule has 4 heteroatoms. The van der Waals surface area contributed by atoms with Crippen LogP contribution in [-0.2, 0) is 6.42 Å². The Bertz CT molecular complexity index is 587. The largest absolute Gasteiger partial charge is 0.484 e. The molecule has 0 spiro atoms. The molecule has 0 saturated carbocycles. The molecule has 0 aliphatic heterocycles. The summed E-state index contributed by atoms with van der Waals surface area (Å²) in [6.45, 7) is 2.02. The number of rotatable bonds is 6. The lowest BCUT2D eigenvalue weighted by molar-refractivity contribution is 0.177. The zero-order valence-corrected chi connectivity index (χ0v) is 13.6. The van der Waals surface area contributed by atoms with Gasteiger partial charge < -0.3 is 15.6 Å².